The number of amides is 1. The molecule has 0 saturated heterocycles. The molecule has 0 atom stereocenters. The van der Waals surface area contributed by atoms with Gasteiger partial charge < -0.3 is 5.32 Å². The van der Waals surface area contributed by atoms with Gasteiger partial charge in [0.05, 0.1) is 0 Å². The van der Waals surface area contributed by atoms with Gasteiger partial charge in [-0.05, 0) is 23.8 Å². The molecule has 1 aromatic heterocycles. The molecule has 5 nitrogen and oxygen atoms in total. The van der Waals surface area contributed by atoms with Crippen molar-refractivity contribution < 1.29 is 9.18 Å². The van der Waals surface area contributed by atoms with Crippen LogP contribution in [0.15, 0.2) is 36.7 Å². The second kappa shape index (κ2) is 6.44. The second-order valence-corrected chi connectivity index (χ2v) is 3.86. The molecule has 0 bridgehead atoms. The van der Waals surface area contributed by atoms with Crippen molar-refractivity contribution in [2.24, 2.45) is 0 Å². The Morgan fingerprint density at radius 3 is 2.84 bits per heavy atom. The zero-order valence-electron chi connectivity index (χ0n) is 10.1. The Morgan fingerprint density at radius 2 is 2.16 bits per heavy atom. The minimum atomic E-state index is -0.298. The summed E-state index contributed by atoms with van der Waals surface area (Å²) in [5.41, 5.74) is 0.770. The monoisotopic (exact) mass is 260 g/mol. The number of carbonyl (C=O) groups is 1. The number of benzene rings is 1. The highest BCUT2D eigenvalue weighted by Gasteiger charge is 1.98. The van der Waals surface area contributed by atoms with Crippen molar-refractivity contribution >= 4 is 12.0 Å². The molecule has 0 fully saturated rings. The molecule has 0 saturated carbocycles. The fourth-order valence-electron chi connectivity index (χ4n) is 1.46. The lowest BCUT2D eigenvalue weighted by Gasteiger charge is -1.99. The van der Waals surface area contributed by atoms with Crippen molar-refractivity contribution in [1.29, 1.82) is 0 Å². The van der Waals surface area contributed by atoms with E-state index in [1.807, 2.05) is 0 Å². The Kier molecular flexibility index (Phi) is 4.39. The summed E-state index contributed by atoms with van der Waals surface area (Å²) in [6.07, 6.45) is 5.05. The molecule has 0 radical (unpaired) electrons. The molecular weight excluding hydrogens is 247 g/mol. The quantitative estimate of drug-likeness (QED) is 0.796. The molecule has 0 aliphatic carbocycles. The Labute approximate surface area is 109 Å². The van der Waals surface area contributed by atoms with Gasteiger partial charge in [0.25, 0.3) is 0 Å². The van der Waals surface area contributed by atoms with E-state index in [9.17, 15) is 9.18 Å². The summed E-state index contributed by atoms with van der Waals surface area (Å²) in [5.74, 6) is 0.223. The van der Waals surface area contributed by atoms with Gasteiger partial charge in [0.1, 0.15) is 18.0 Å². The minimum Gasteiger partial charge on any atom is -0.352 e. The highest BCUT2D eigenvalue weighted by atomic mass is 19.1. The molecular formula is C13H13FN4O. The molecule has 2 N–H and O–H groups in total. The number of aromatic nitrogens is 3. The normalized spacial score (nSPS) is 10.8. The molecule has 0 spiro atoms. The van der Waals surface area contributed by atoms with Crippen LogP contribution in [0.3, 0.4) is 0 Å². The highest BCUT2D eigenvalue weighted by Crippen LogP contribution is 2.04. The first kappa shape index (κ1) is 12.9. The van der Waals surface area contributed by atoms with Gasteiger partial charge in [0.2, 0.25) is 5.91 Å². The van der Waals surface area contributed by atoms with Gasteiger partial charge >= 0.3 is 0 Å². The van der Waals surface area contributed by atoms with Crippen molar-refractivity contribution in [3.63, 3.8) is 0 Å². The van der Waals surface area contributed by atoms with Crippen molar-refractivity contribution in [2.75, 3.05) is 6.54 Å². The van der Waals surface area contributed by atoms with Crippen molar-refractivity contribution in [3.05, 3.63) is 53.9 Å². The molecule has 19 heavy (non-hydrogen) atoms. The predicted octanol–water partition coefficient (Wildman–Crippen LogP) is 1.32. The summed E-state index contributed by atoms with van der Waals surface area (Å²) in [5, 5.41) is 9.13. The number of aromatic amines is 1. The lowest BCUT2D eigenvalue weighted by Crippen LogP contribution is -2.23. The second-order valence-electron chi connectivity index (χ2n) is 3.86. The van der Waals surface area contributed by atoms with Gasteiger partial charge in [-0.1, -0.05) is 12.1 Å². The smallest absolute Gasteiger partial charge is 0.244 e. The van der Waals surface area contributed by atoms with Crippen molar-refractivity contribution in [1.82, 2.24) is 20.5 Å². The number of carbonyl (C=O) groups excluding carboxylic acids is 1. The molecule has 1 amide bonds. The lowest BCUT2D eigenvalue weighted by molar-refractivity contribution is -0.116. The van der Waals surface area contributed by atoms with Crippen molar-refractivity contribution in [2.45, 2.75) is 6.42 Å². The van der Waals surface area contributed by atoms with Crippen LogP contribution in [-0.2, 0) is 11.2 Å². The zero-order valence-corrected chi connectivity index (χ0v) is 10.1. The molecule has 0 unspecified atom stereocenters. The Bertz CT molecular complexity index is 549. The number of nitrogens with one attached hydrogen (secondary N) is 2. The largest absolute Gasteiger partial charge is 0.352 e. The van der Waals surface area contributed by atoms with Crippen LogP contribution in [0, 0.1) is 5.82 Å². The fraction of sp³-hybridized carbons (Fsp3) is 0.154. The average Bonchev–Trinajstić information content (AvgIpc) is 2.91. The first-order valence-electron chi connectivity index (χ1n) is 5.80. The Hall–Kier alpha value is -2.50. The molecule has 1 heterocycles. The summed E-state index contributed by atoms with van der Waals surface area (Å²) in [7, 11) is 0. The molecule has 0 aliphatic heterocycles. The predicted molar refractivity (Wildman–Crippen MR) is 68.5 cm³/mol. The lowest BCUT2D eigenvalue weighted by atomic mass is 10.2. The van der Waals surface area contributed by atoms with Gasteiger partial charge in [-0.15, -0.1) is 0 Å². The average molecular weight is 260 g/mol. The van der Waals surface area contributed by atoms with Crippen LogP contribution >= 0.6 is 0 Å². The van der Waals surface area contributed by atoms with E-state index in [1.165, 1.54) is 24.5 Å². The van der Waals surface area contributed by atoms with E-state index in [0.29, 0.717) is 13.0 Å². The van der Waals surface area contributed by atoms with Crippen LogP contribution in [-0.4, -0.2) is 27.6 Å². The third-order valence-corrected chi connectivity index (χ3v) is 2.42. The molecule has 1 aromatic carbocycles. The van der Waals surface area contributed by atoms with Crippen LogP contribution in [0.2, 0.25) is 0 Å². The van der Waals surface area contributed by atoms with E-state index in [2.05, 4.69) is 20.5 Å². The third kappa shape index (κ3) is 4.34. The van der Waals surface area contributed by atoms with E-state index in [-0.39, 0.29) is 11.7 Å². The van der Waals surface area contributed by atoms with Crippen LogP contribution in [0.25, 0.3) is 6.08 Å². The summed E-state index contributed by atoms with van der Waals surface area (Å²) in [6, 6.07) is 5.91. The molecule has 2 aromatic rings. The summed E-state index contributed by atoms with van der Waals surface area (Å²) >= 11 is 0. The van der Waals surface area contributed by atoms with Crippen molar-refractivity contribution in [3.8, 4) is 0 Å². The molecule has 0 aliphatic rings. The number of nitrogens with zero attached hydrogens (tertiary/aromatic N) is 2. The van der Waals surface area contributed by atoms with Gasteiger partial charge in [-0.3, -0.25) is 9.89 Å². The van der Waals surface area contributed by atoms with Crippen LogP contribution < -0.4 is 5.32 Å². The van der Waals surface area contributed by atoms with Crippen LogP contribution in [0.5, 0.6) is 0 Å². The molecule has 98 valence electrons. The van der Waals surface area contributed by atoms with E-state index in [0.717, 1.165) is 11.4 Å². The molecule has 6 heteroatoms. The van der Waals surface area contributed by atoms with Gasteiger partial charge in [-0.25, -0.2) is 9.37 Å². The number of rotatable bonds is 5. The first-order chi connectivity index (χ1) is 9.24. The van der Waals surface area contributed by atoms with E-state index >= 15 is 0 Å². The van der Waals surface area contributed by atoms with E-state index in [4.69, 9.17) is 0 Å². The third-order valence-electron chi connectivity index (χ3n) is 2.42. The summed E-state index contributed by atoms with van der Waals surface area (Å²) in [6.45, 7) is 0.474. The first-order valence-corrected chi connectivity index (χ1v) is 5.80. The number of hydrogen-bond donors (Lipinski definition) is 2. The number of H-pyrrole nitrogens is 1. The Morgan fingerprint density at radius 1 is 1.37 bits per heavy atom. The standard InChI is InChI=1S/C13H13FN4O/c14-11-4-1-10(2-5-11)3-6-13(19)15-8-7-12-16-9-17-18-12/h1-6,9H,7-8H2,(H,15,19)(H,16,17,18). The summed E-state index contributed by atoms with van der Waals surface area (Å²) < 4.78 is 12.7. The van der Waals surface area contributed by atoms with Crippen LogP contribution in [0.4, 0.5) is 4.39 Å². The minimum absolute atomic E-state index is 0.205. The van der Waals surface area contributed by atoms with Gasteiger partial charge in [0, 0.05) is 19.0 Å². The van der Waals surface area contributed by atoms with Crippen LogP contribution in [0.1, 0.15) is 11.4 Å². The Balaban J connectivity index is 1.76. The fourth-order valence-corrected chi connectivity index (χ4v) is 1.46. The SMILES string of the molecule is O=C(C=Cc1ccc(F)cc1)NCCc1ncn[nH]1. The van der Waals surface area contributed by atoms with E-state index < -0.39 is 0 Å². The summed E-state index contributed by atoms with van der Waals surface area (Å²) in [4.78, 5) is 15.4. The molecule has 2 rings (SSSR count). The number of halogens is 1. The van der Waals surface area contributed by atoms with Gasteiger partial charge in [0.15, 0.2) is 0 Å². The van der Waals surface area contributed by atoms with Gasteiger partial charge in [-0.2, -0.15) is 5.10 Å². The number of hydrogen-bond acceptors (Lipinski definition) is 3. The highest BCUT2D eigenvalue weighted by molar-refractivity contribution is 5.91. The van der Waals surface area contributed by atoms with E-state index in [1.54, 1.807) is 18.2 Å². The topological polar surface area (TPSA) is 70.7 Å². The maximum atomic E-state index is 12.7. The zero-order chi connectivity index (χ0) is 13.5. The maximum Gasteiger partial charge on any atom is 0.244 e. The maximum absolute atomic E-state index is 12.7.